The highest BCUT2D eigenvalue weighted by Crippen LogP contribution is 2.50. The molecule has 1 atom stereocenters. The fourth-order valence-corrected chi connectivity index (χ4v) is 6.97. The van der Waals surface area contributed by atoms with E-state index < -0.39 is 19.6 Å². The normalized spacial score (nSPS) is 20.6. The van der Waals surface area contributed by atoms with Crippen molar-refractivity contribution in [2.24, 2.45) is 5.92 Å². The van der Waals surface area contributed by atoms with Gasteiger partial charge < -0.3 is 14.6 Å². The zero-order chi connectivity index (χ0) is 28.9. The molecule has 1 fully saturated rings. The third-order valence-corrected chi connectivity index (χ3v) is 9.73. The van der Waals surface area contributed by atoms with Gasteiger partial charge in [-0.25, -0.2) is 4.79 Å². The summed E-state index contributed by atoms with van der Waals surface area (Å²) in [7, 11) is -1.51. The minimum Gasteiger partial charge on any atom is -0.511 e. The Morgan fingerprint density at radius 2 is 1.63 bits per heavy atom. The smallest absolute Gasteiger partial charge is 0.343 e. The first-order chi connectivity index (χ1) is 19.7. The van der Waals surface area contributed by atoms with Gasteiger partial charge in [-0.05, 0) is 53.3 Å². The number of aliphatic hydroxyl groups excluding tert-OH is 1. The van der Waals surface area contributed by atoms with Crippen molar-refractivity contribution in [3.63, 3.8) is 0 Å². The predicted molar refractivity (Wildman–Crippen MR) is 168 cm³/mol. The zero-order valence-electron chi connectivity index (χ0n) is 24.6. The van der Waals surface area contributed by atoms with Crippen molar-refractivity contribution in [2.75, 3.05) is 0 Å². The molecule has 0 bridgehead atoms. The van der Waals surface area contributed by atoms with Gasteiger partial charge in [-0.1, -0.05) is 118 Å². The number of allylic oxidation sites excluding steroid dienone is 1. The van der Waals surface area contributed by atoms with E-state index >= 15 is 0 Å². The largest absolute Gasteiger partial charge is 0.511 e. The number of ether oxygens (including phenoxy) is 2. The van der Waals surface area contributed by atoms with E-state index in [0.717, 1.165) is 59.7 Å². The number of cyclic esters (lactones) is 1. The number of benzene rings is 3. The van der Waals surface area contributed by atoms with Crippen molar-refractivity contribution in [2.45, 2.75) is 76.4 Å². The Hall–Kier alpha value is -3.57. The Bertz CT molecular complexity index is 1400. The van der Waals surface area contributed by atoms with Crippen LogP contribution in [0, 0.1) is 5.92 Å². The van der Waals surface area contributed by atoms with Crippen molar-refractivity contribution in [3.8, 4) is 5.75 Å². The average molecular weight is 567 g/mol. The monoisotopic (exact) mass is 566 g/mol. The molecule has 41 heavy (non-hydrogen) atoms. The second-order valence-electron chi connectivity index (χ2n) is 12.7. The van der Waals surface area contributed by atoms with E-state index in [4.69, 9.17) is 9.47 Å². The molecule has 3 aromatic rings. The van der Waals surface area contributed by atoms with E-state index in [9.17, 15) is 9.90 Å². The lowest BCUT2D eigenvalue weighted by atomic mass is 9.70. The zero-order valence-corrected chi connectivity index (χ0v) is 25.6. The first-order valence-corrected chi connectivity index (χ1v) is 18.6. The molecule has 2 aliphatic rings. The van der Waals surface area contributed by atoms with Gasteiger partial charge in [-0.3, -0.25) is 0 Å². The summed E-state index contributed by atoms with van der Waals surface area (Å²) in [5, 5.41) is 11.8. The first-order valence-electron chi connectivity index (χ1n) is 14.9. The van der Waals surface area contributed by atoms with Gasteiger partial charge in [-0.15, -0.1) is 0 Å². The summed E-state index contributed by atoms with van der Waals surface area (Å²) in [6.45, 7) is 7.36. The molecule has 1 unspecified atom stereocenters. The molecule has 0 amide bonds. The Balaban J connectivity index is 1.53. The Labute approximate surface area is 245 Å². The van der Waals surface area contributed by atoms with E-state index in [2.05, 4.69) is 25.7 Å². The van der Waals surface area contributed by atoms with E-state index in [0.29, 0.717) is 6.61 Å². The van der Waals surface area contributed by atoms with Crippen LogP contribution in [-0.2, 0) is 21.7 Å². The Morgan fingerprint density at radius 3 is 2.29 bits per heavy atom. The van der Waals surface area contributed by atoms with E-state index in [1.807, 2.05) is 84.9 Å². The molecule has 5 rings (SSSR count). The summed E-state index contributed by atoms with van der Waals surface area (Å²) >= 11 is 0. The van der Waals surface area contributed by atoms with Crippen molar-refractivity contribution < 1.29 is 19.4 Å². The van der Waals surface area contributed by atoms with Crippen LogP contribution in [0.1, 0.15) is 55.2 Å². The summed E-state index contributed by atoms with van der Waals surface area (Å²) in [6.07, 6.45) is 7.84. The van der Waals surface area contributed by atoms with Crippen LogP contribution in [0.2, 0.25) is 25.7 Å². The summed E-state index contributed by atoms with van der Waals surface area (Å²) in [4.78, 5) is 14.1. The predicted octanol–water partition coefficient (Wildman–Crippen LogP) is 9.22. The maximum absolute atomic E-state index is 14.1. The third kappa shape index (κ3) is 6.84. The number of carbonyl (C=O) groups excluding carboxylic acids is 1. The minimum absolute atomic E-state index is 0.119. The molecular formula is C36H42O4Si. The summed E-state index contributed by atoms with van der Waals surface area (Å²) in [5.74, 6) is 0.569. The lowest BCUT2D eigenvalue weighted by Crippen LogP contribution is -2.45. The van der Waals surface area contributed by atoms with Crippen molar-refractivity contribution in [3.05, 3.63) is 119 Å². The van der Waals surface area contributed by atoms with Gasteiger partial charge >= 0.3 is 5.97 Å². The minimum atomic E-state index is -1.51. The van der Waals surface area contributed by atoms with Gasteiger partial charge in [0.25, 0.3) is 0 Å². The maximum atomic E-state index is 14.1. The van der Waals surface area contributed by atoms with Crippen LogP contribution in [-0.4, -0.2) is 19.1 Å². The molecule has 1 heterocycles. The number of aliphatic hydroxyl groups is 1. The highest BCUT2D eigenvalue weighted by molar-refractivity contribution is 6.76. The standard InChI is InChI=1S/C36H42O4Si/c1-41(2,3)23-22-32(28-16-13-21-31(24-28)39-26-27-14-7-4-8-15-27)34-33(37)25-36(40-35(34)38,29-17-9-5-10-18-29)30-19-11-6-12-20-30/h4-5,7-10,13-18,21-22,24,30,37H,6,11-12,19-20,23,25-26H2,1-3H3. The molecular weight excluding hydrogens is 524 g/mol. The van der Waals surface area contributed by atoms with Gasteiger partial charge in [0.05, 0.1) is 6.42 Å². The molecule has 4 nitrogen and oxygen atoms in total. The molecule has 214 valence electrons. The lowest BCUT2D eigenvalue weighted by molar-refractivity contribution is -0.169. The quantitative estimate of drug-likeness (QED) is 0.207. The highest BCUT2D eigenvalue weighted by Gasteiger charge is 2.49. The van der Waals surface area contributed by atoms with Crippen LogP contribution in [0.15, 0.2) is 102 Å². The molecule has 1 aliphatic carbocycles. The number of hydrogen-bond acceptors (Lipinski definition) is 4. The van der Waals surface area contributed by atoms with Gasteiger partial charge in [0.2, 0.25) is 0 Å². The van der Waals surface area contributed by atoms with E-state index in [-0.39, 0.29) is 23.7 Å². The Kier molecular flexibility index (Phi) is 8.84. The van der Waals surface area contributed by atoms with Crippen molar-refractivity contribution in [1.29, 1.82) is 0 Å². The van der Waals surface area contributed by atoms with Crippen LogP contribution in [0.25, 0.3) is 5.57 Å². The fraction of sp³-hybridized carbons (Fsp3) is 0.361. The Morgan fingerprint density at radius 1 is 0.951 bits per heavy atom. The van der Waals surface area contributed by atoms with Crippen molar-refractivity contribution in [1.82, 2.24) is 0 Å². The molecule has 1 saturated carbocycles. The van der Waals surface area contributed by atoms with Crippen molar-refractivity contribution >= 4 is 19.6 Å². The molecule has 5 heteroatoms. The molecule has 1 aliphatic heterocycles. The number of carbonyl (C=O) groups is 1. The summed E-state index contributed by atoms with van der Waals surface area (Å²) in [5.41, 5.74) is 3.06. The van der Waals surface area contributed by atoms with Crippen LogP contribution < -0.4 is 4.74 Å². The number of esters is 1. The molecule has 0 radical (unpaired) electrons. The van der Waals surface area contributed by atoms with Gasteiger partial charge in [0.15, 0.2) is 0 Å². The average Bonchev–Trinajstić information content (AvgIpc) is 2.98. The highest BCUT2D eigenvalue weighted by atomic mass is 28.3. The maximum Gasteiger partial charge on any atom is 0.343 e. The topological polar surface area (TPSA) is 55.8 Å². The third-order valence-electron chi connectivity index (χ3n) is 8.31. The van der Waals surface area contributed by atoms with Gasteiger partial charge in [-0.2, -0.15) is 0 Å². The number of hydrogen-bond donors (Lipinski definition) is 1. The van der Waals surface area contributed by atoms with Crippen LogP contribution in [0.4, 0.5) is 0 Å². The van der Waals surface area contributed by atoms with E-state index in [1.54, 1.807) is 0 Å². The summed E-state index contributed by atoms with van der Waals surface area (Å²) in [6, 6.07) is 28.8. The second kappa shape index (κ2) is 12.5. The second-order valence-corrected chi connectivity index (χ2v) is 18.2. The molecule has 1 N–H and O–H groups in total. The van der Waals surface area contributed by atoms with Gasteiger partial charge in [0, 0.05) is 14.0 Å². The van der Waals surface area contributed by atoms with Crippen LogP contribution in [0.5, 0.6) is 5.75 Å². The van der Waals surface area contributed by atoms with Crippen LogP contribution in [0.3, 0.4) is 0 Å². The molecule has 0 saturated heterocycles. The van der Waals surface area contributed by atoms with E-state index in [1.165, 1.54) is 6.42 Å². The molecule has 3 aromatic carbocycles. The molecule has 0 spiro atoms. The molecule has 0 aromatic heterocycles. The SMILES string of the molecule is C[Si](C)(C)CC=C(C1=C(O)CC(c2ccccc2)(C2CCCCC2)OC1=O)c1cccc(OCc2ccccc2)c1. The number of rotatable bonds is 9. The van der Waals surface area contributed by atoms with Gasteiger partial charge in [0.1, 0.15) is 29.3 Å². The fourth-order valence-electron chi connectivity index (χ4n) is 6.15. The summed E-state index contributed by atoms with van der Waals surface area (Å²) < 4.78 is 12.7. The van der Waals surface area contributed by atoms with Crippen LogP contribution >= 0.6 is 0 Å². The lowest BCUT2D eigenvalue weighted by Gasteiger charge is -2.45. The first kappa shape index (κ1) is 28.9.